The van der Waals surface area contributed by atoms with Crippen LogP contribution in [0.15, 0.2) is 122 Å². The highest BCUT2D eigenvalue weighted by Gasteiger charge is 2.17. The van der Waals surface area contributed by atoms with Crippen LogP contribution in [-0.2, 0) is 4.79 Å². The molecule has 0 radical (unpaired) electrons. The van der Waals surface area contributed by atoms with Gasteiger partial charge < -0.3 is 14.4 Å². The zero-order valence-corrected chi connectivity index (χ0v) is 19.5. The number of esters is 1. The largest absolute Gasteiger partial charge is 0.512 e. The molecule has 0 spiro atoms. The summed E-state index contributed by atoms with van der Waals surface area (Å²) in [5, 5.41) is 12.2. The number of carbonyl (C=O) groups is 1. The Kier molecular flexibility index (Phi) is 5.27. The second kappa shape index (κ2) is 8.75. The molecule has 36 heavy (non-hydrogen) atoms. The molecule has 4 heteroatoms. The van der Waals surface area contributed by atoms with E-state index < -0.39 is 5.97 Å². The molecule has 0 bridgehead atoms. The monoisotopic (exact) mass is 469 g/mol. The SMILES string of the molecule is C=C1/C=C\C=C(\O)CC(=O)Oc2cc(-c3ccc4c(c3)c3ccccc3n4-c3ccccc3)ccc21. The lowest BCUT2D eigenvalue weighted by Gasteiger charge is -2.14. The van der Waals surface area contributed by atoms with Crippen molar-refractivity contribution in [3.8, 4) is 22.6 Å². The van der Waals surface area contributed by atoms with Crippen molar-refractivity contribution in [2.75, 3.05) is 0 Å². The maximum Gasteiger partial charge on any atom is 0.318 e. The van der Waals surface area contributed by atoms with Crippen molar-refractivity contribution < 1.29 is 14.6 Å². The van der Waals surface area contributed by atoms with Gasteiger partial charge in [0, 0.05) is 22.0 Å². The maximum atomic E-state index is 12.4. The molecule has 0 saturated heterocycles. The van der Waals surface area contributed by atoms with E-state index in [9.17, 15) is 9.90 Å². The summed E-state index contributed by atoms with van der Waals surface area (Å²) in [6, 6.07) is 31.0. The van der Waals surface area contributed by atoms with Crippen LogP contribution in [0.25, 0.3) is 44.2 Å². The minimum Gasteiger partial charge on any atom is -0.512 e. The lowest BCUT2D eigenvalue weighted by Crippen LogP contribution is -2.10. The minimum absolute atomic E-state index is 0.0519. The van der Waals surface area contributed by atoms with E-state index in [-0.39, 0.29) is 12.2 Å². The van der Waals surface area contributed by atoms with Gasteiger partial charge in [-0.2, -0.15) is 0 Å². The molecular weight excluding hydrogens is 446 g/mol. The van der Waals surface area contributed by atoms with Crippen molar-refractivity contribution in [3.05, 3.63) is 127 Å². The first-order valence-corrected chi connectivity index (χ1v) is 11.8. The highest BCUT2D eigenvalue weighted by atomic mass is 16.5. The number of benzene rings is 4. The number of nitrogens with zero attached hydrogens (tertiary/aromatic N) is 1. The molecule has 0 atom stereocenters. The Balaban J connectivity index is 1.50. The minimum atomic E-state index is -0.522. The van der Waals surface area contributed by atoms with Crippen LogP contribution in [0.2, 0.25) is 0 Å². The van der Waals surface area contributed by atoms with Gasteiger partial charge in [0.1, 0.15) is 17.9 Å². The second-order valence-corrected chi connectivity index (χ2v) is 8.82. The number of hydrogen-bond donors (Lipinski definition) is 1. The van der Waals surface area contributed by atoms with Crippen LogP contribution in [0.5, 0.6) is 5.75 Å². The van der Waals surface area contributed by atoms with E-state index in [4.69, 9.17) is 4.74 Å². The number of rotatable bonds is 2. The van der Waals surface area contributed by atoms with Gasteiger partial charge in [0.25, 0.3) is 0 Å². The Labute approximate surface area is 208 Å². The molecule has 0 unspecified atom stereocenters. The van der Waals surface area contributed by atoms with Crippen molar-refractivity contribution in [1.82, 2.24) is 4.57 Å². The molecule has 0 saturated carbocycles. The summed E-state index contributed by atoms with van der Waals surface area (Å²) in [6.07, 6.45) is 4.76. The number of para-hydroxylation sites is 2. The number of aliphatic hydroxyl groups is 1. The molecule has 1 aliphatic heterocycles. The lowest BCUT2D eigenvalue weighted by atomic mass is 9.98. The van der Waals surface area contributed by atoms with Gasteiger partial charge in [0.05, 0.1) is 11.0 Å². The maximum absolute atomic E-state index is 12.4. The summed E-state index contributed by atoms with van der Waals surface area (Å²) < 4.78 is 7.93. The van der Waals surface area contributed by atoms with E-state index in [1.165, 1.54) is 11.5 Å². The predicted molar refractivity (Wildman–Crippen MR) is 145 cm³/mol. The number of hydrogen-bond acceptors (Lipinski definition) is 3. The first-order chi connectivity index (χ1) is 17.6. The molecular formula is C32H23NO3. The van der Waals surface area contributed by atoms with E-state index >= 15 is 0 Å². The summed E-state index contributed by atoms with van der Waals surface area (Å²) in [4.78, 5) is 12.4. The van der Waals surface area contributed by atoms with Gasteiger partial charge in [-0.25, -0.2) is 0 Å². The molecule has 5 aromatic rings. The fourth-order valence-corrected chi connectivity index (χ4v) is 4.79. The number of fused-ring (bicyclic) bond motifs is 4. The standard InChI is InChI=1S/C32H23NO3/c1-21-8-7-11-25(34)20-32(35)36-31-19-23(14-16-26(21)31)22-15-17-30-28(18-22)27-12-5-6-13-29(27)33(30)24-9-3-2-4-10-24/h2-19,34H,1,20H2/b8-7-,25-11+. The average molecular weight is 470 g/mol. The lowest BCUT2D eigenvalue weighted by molar-refractivity contribution is -0.134. The first kappa shape index (κ1) is 21.7. The zero-order valence-electron chi connectivity index (χ0n) is 19.5. The highest BCUT2D eigenvalue weighted by molar-refractivity contribution is 6.10. The van der Waals surface area contributed by atoms with Gasteiger partial charge in [-0.05, 0) is 59.2 Å². The fraction of sp³-hybridized carbons (Fsp3) is 0.0312. The normalized spacial score (nSPS) is 16.3. The Bertz CT molecular complexity index is 1720. The van der Waals surface area contributed by atoms with Crippen molar-refractivity contribution >= 4 is 33.3 Å². The summed E-state index contributed by atoms with van der Waals surface area (Å²) in [6.45, 7) is 4.10. The Morgan fingerprint density at radius 3 is 2.39 bits per heavy atom. The van der Waals surface area contributed by atoms with Crippen LogP contribution in [-0.4, -0.2) is 15.6 Å². The van der Waals surface area contributed by atoms with E-state index in [1.54, 1.807) is 12.2 Å². The van der Waals surface area contributed by atoms with Gasteiger partial charge in [-0.1, -0.05) is 73.3 Å². The number of allylic oxidation sites excluding steroid dienone is 4. The zero-order chi connectivity index (χ0) is 24.6. The Hall–Kier alpha value is -4.83. The summed E-state index contributed by atoms with van der Waals surface area (Å²) in [5.74, 6) is -0.149. The molecule has 1 aromatic heterocycles. The summed E-state index contributed by atoms with van der Waals surface area (Å²) in [5.41, 5.74) is 6.74. The smallest absolute Gasteiger partial charge is 0.318 e. The van der Waals surface area contributed by atoms with Crippen LogP contribution in [0.4, 0.5) is 0 Å². The third kappa shape index (κ3) is 3.79. The van der Waals surface area contributed by atoms with E-state index in [2.05, 4.69) is 65.7 Å². The first-order valence-electron chi connectivity index (χ1n) is 11.8. The molecule has 6 rings (SSSR count). The molecule has 1 aliphatic rings. The molecule has 0 fully saturated rings. The van der Waals surface area contributed by atoms with Crippen molar-refractivity contribution in [2.24, 2.45) is 0 Å². The van der Waals surface area contributed by atoms with Crippen molar-refractivity contribution in [3.63, 3.8) is 0 Å². The molecule has 4 aromatic carbocycles. The topological polar surface area (TPSA) is 51.5 Å². The molecule has 4 nitrogen and oxygen atoms in total. The number of carbonyl (C=O) groups excluding carboxylic acids is 1. The van der Waals surface area contributed by atoms with Gasteiger partial charge in [0.15, 0.2) is 0 Å². The summed E-state index contributed by atoms with van der Waals surface area (Å²) in [7, 11) is 0. The quantitative estimate of drug-likeness (QED) is 0.212. The fourth-order valence-electron chi connectivity index (χ4n) is 4.79. The molecule has 2 heterocycles. The van der Waals surface area contributed by atoms with E-state index in [1.807, 2.05) is 36.4 Å². The highest BCUT2D eigenvalue weighted by Crippen LogP contribution is 2.37. The number of aliphatic hydroxyl groups excluding tert-OH is 1. The molecule has 0 aliphatic carbocycles. The Morgan fingerprint density at radius 2 is 1.53 bits per heavy atom. The van der Waals surface area contributed by atoms with Crippen LogP contribution in [0, 0.1) is 0 Å². The van der Waals surface area contributed by atoms with Crippen LogP contribution >= 0.6 is 0 Å². The number of ether oxygens (including phenoxy) is 1. The van der Waals surface area contributed by atoms with Gasteiger partial charge in [0.2, 0.25) is 0 Å². The molecule has 0 amide bonds. The van der Waals surface area contributed by atoms with Gasteiger partial charge >= 0.3 is 5.97 Å². The van der Waals surface area contributed by atoms with Crippen LogP contribution in [0.1, 0.15) is 12.0 Å². The van der Waals surface area contributed by atoms with Crippen LogP contribution in [0.3, 0.4) is 0 Å². The van der Waals surface area contributed by atoms with E-state index in [0.29, 0.717) is 11.3 Å². The Morgan fingerprint density at radius 1 is 0.806 bits per heavy atom. The van der Waals surface area contributed by atoms with Crippen LogP contribution < -0.4 is 4.74 Å². The predicted octanol–water partition coefficient (Wildman–Crippen LogP) is 7.77. The third-order valence-electron chi connectivity index (χ3n) is 6.48. The summed E-state index contributed by atoms with van der Waals surface area (Å²) >= 11 is 0. The molecule has 174 valence electrons. The number of aromatic nitrogens is 1. The van der Waals surface area contributed by atoms with Crippen molar-refractivity contribution in [2.45, 2.75) is 6.42 Å². The molecule has 1 N–H and O–H groups in total. The van der Waals surface area contributed by atoms with Crippen molar-refractivity contribution in [1.29, 1.82) is 0 Å². The third-order valence-corrected chi connectivity index (χ3v) is 6.48. The average Bonchev–Trinajstić information content (AvgIpc) is 3.22. The van der Waals surface area contributed by atoms with Gasteiger partial charge in [-0.3, -0.25) is 4.79 Å². The van der Waals surface area contributed by atoms with Gasteiger partial charge in [-0.15, -0.1) is 0 Å². The van der Waals surface area contributed by atoms with E-state index in [0.717, 1.165) is 38.8 Å². The second-order valence-electron chi connectivity index (χ2n) is 8.82.